The van der Waals surface area contributed by atoms with E-state index in [2.05, 4.69) is 79.5 Å². The summed E-state index contributed by atoms with van der Waals surface area (Å²) in [7, 11) is 0. The van der Waals surface area contributed by atoms with Gasteiger partial charge in [-0.05, 0) is 80.4 Å². The van der Waals surface area contributed by atoms with Crippen LogP contribution in [0.2, 0.25) is 0 Å². The van der Waals surface area contributed by atoms with E-state index in [1.165, 1.54) is 46.5 Å². The van der Waals surface area contributed by atoms with Gasteiger partial charge in [-0.2, -0.15) is 0 Å². The van der Waals surface area contributed by atoms with E-state index in [0.29, 0.717) is 12.0 Å². The Balaban J connectivity index is 1.56. The lowest BCUT2D eigenvalue weighted by molar-refractivity contribution is 0.141. The minimum absolute atomic E-state index is 0.465. The first-order valence-electron chi connectivity index (χ1n) is 11.9. The molecule has 4 rings (SSSR count). The van der Waals surface area contributed by atoms with Crippen LogP contribution >= 0.6 is 0 Å². The van der Waals surface area contributed by atoms with E-state index < -0.39 is 0 Å². The smallest absolute Gasteiger partial charge is 0.0576 e. The summed E-state index contributed by atoms with van der Waals surface area (Å²) in [4.78, 5) is 12.3. The number of aromatic nitrogens is 2. The first-order valence-corrected chi connectivity index (χ1v) is 11.9. The second-order valence-corrected chi connectivity index (χ2v) is 9.29. The molecular weight excluding hydrogens is 392 g/mol. The number of nitrogens with zero attached hydrogens (tertiary/aromatic N) is 3. The molecule has 32 heavy (non-hydrogen) atoms. The van der Waals surface area contributed by atoms with Gasteiger partial charge in [0, 0.05) is 31.5 Å². The first kappa shape index (κ1) is 22.6. The van der Waals surface area contributed by atoms with Gasteiger partial charge in [0.15, 0.2) is 0 Å². The fourth-order valence-electron chi connectivity index (χ4n) is 4.81. The van der Waals surface area contributed by atoms with Crippen LogP contribution in [0.25, 0.3) is 0 Å². The molecule has 1 saturated heterocycles. The SMILES string of the molecule is Cc1cnc(CN(Cc2ncccc2CC(C)c2ccccc2)C2CCNCC2)c(C)c1. The van der Waals surface area contributed by atoms with Crippen molar-refractivity contribution >= 4 is 0 Å². The second kappa shape index (κ2) is 10.8. The Morgan fingerprint density at radius 3 is 2.47 bits per heavy atom. The molecule has 1 N–H and O–H groups in total. The molecule has 0 amide bonds. The molecule has 0 aliphatic carbocycles. The molecule has 1 unspecified atom stereocenters. The van der Waals surface area contributed by atoms with Gasteiger partial charge >= 0.3 is 0 Å². The molecule has 1 aliphatic rings. The fourth-order valence-corrected chi connectivity index (χ4v) is 4.81. The van der Waals surface area contributed by atoms with Gasteiger partial charge in [0.05, 0.1) is 11.4 Å². The van der Waals surface area contributed by atoms with Crippen molar-refractivity contribution in [3.63, 3.8) is 0 Å². The van der Waals surface area contributed by atoms with E-state index in [-0.39, 0.29) is 0 Å². The van der Waals surface area contributed by atoms with E-state index in [1.54, 1.807) is 0 Å². The van der Waals surface area contributed by atoms with Crippen LogP contribution in [0, 0.1) is 13.8 Å². The highest BCUT2D eigenvalue weighted by atomic mass is 15.2. The van der Waals surface area contributed by atoms with Crippen LogP contribution in [0.3, 0.4) is 0 Å². The molecule has 1 aromatic carbocycles. The predicted molar refractivity (Wildman–Crippen MR) is 132 cm³/mol. The Hall–Kier alpha value is -2.56. The lowest BCUT2D eigenvalue weighted by Gasteiger charge is -2.35. The molecule has 0 radical (unpaired) electrons. The Bertz CT molecular complexity index is 995. The molecule has 3 aromatic rings. The van der Waals surface area contributed by atoms with Gasteiger partial charge in [-0.1, -0.05) is 49.4 Å². The van der Waals surface area contributed by atoms with Gasteiger partial charge in [0.2, 0.25) is 0 Å². The van der Waals surface area contributed by atoms with Crippen LogP contribution in [0.5, 0.6) is 0 Å². The third-order valence-electron chi connectivity index (χ3n) is 6.73. The normalized spacial score (nSPS) is 15.8. The molecule has 3 heterocycles. The van der Waals surface area contributed by atoms with Crippen molar-refractivity contribution in [3.8, 4) is 0 Å². The van der Waals surface area contributed by atoms with Gasteiger partial charge in [-0.15, -0.1) is 0 Å². The standard InChI is InChI=1S/C28H36N4/c1-21-16-23(3)27(31-18-21)19-32(26-11-14-29-15-12-26)20-28-25(10-7-13-30-28)17-22(2)24-8-5-4-6-9-24/h4-10,13,16,18,22,26,29H,11-12,14-15,17,19-20H2,1-3H3. The van der Waals surface area contributed by atoms with Crippen LogP contribution in [0.1, 0.15) is 59.3 Å². The Morgan fingerprint density at radius 1 is 0.969 bits per heavy atom. The van der Waals surface area contributed by atoms with E-state index in [1.807, 2.05) is 12.4 Å². The number of hydrogen-bond donors (Lipinski definition) is 1. The minimum Gasteiger partial charge on any atom is -0.317 e. The van der Waals surface area contributed by atoms with E-state index in [9.17, 15) is 0 Å². The van der Waals surface area contributed by atoms with Gasteiger partial charge < -0.3 is 5.32 Å². The number of hydrogen-bond acceptors (Lipinski definition) is 4. The highest BCUT2D eigenvalue weighted by Crippen LogP contribution is 2.25. The third kappa shape index (κ3) is 5.81. The summed E-state index contributed by atoms with van der Waals surface area (Å²) >= 11 is 0. The molecule has 4 heteroatoms. The second-order valence-electron chi connectivity index (χ2n) is 9.29. The van der Waals surface area contributed by atoms with Crippen molar-refractivity contribution in [1.29, 1.82) is 0 Å². The zero-order valence-corrected chi connectivity index (χ0v) is 19.7. The molecule has 4 nitrogen and oxygen atoms in total. The summed E-state index contributed by atoms with van der Waals surface area (Å²) in [5.41, 5.74) is 7.64. The van der Waals surface area contributed by atoms with Gasteiger partial charge in [-0.3, -0.25) is 14.9 Å². The summed E-state index contributed by atoms with van der Waals surface area (Å²) in [5, 5.41) is 3.51. The van der Waals surface area contributed by atoms with Gasteiger partial charge in [0.25, 0.3) is 0 Å². The van der Waals surface area contributed by atoms with E-state index in [0.717, 1.165) is 32.6 Å². The average molecular weight is 429 g/mol. The predicted octanol–water partition coefficient (Wildman–Crippen LogP) is 5.19. The van der Waals surface area contributed by atoms with Crippen molar-refractivity contribution in [3.05, 3.63) is 94.6 Å². The van der Waals surface area contributed by atoms with Crippen molar-refractivity contribution in [2.24, 2.45) is 0 Å². The number of pyridine rings is 2. The Labute approximate surface area is 193 Å². The summed E-state index contributed by atoms with van der Waals surface area (Å²) in [6.45, 7) is 10.5. The van der Waals surface area contributed by atoms with Crippen LogP contribution in [0.4, 0.5) is 0 Å². The fraction of sp³-hybridized carbons (Fsp3) is 0.429. The van der Waals surface area contributed by atoms with E-state index >= 15 is 0 Å². The first-order chi connectivity index (χ1) is 15.6. The Kier molecular flexibility index (Phi) is 7.67. The number of rotatable bonds is 8. The van der Waals surface area contributed by atoms with Crippen molar-refractivity contribution < 1.29 is 0 Å². The molecule has 0 saturated carbocycles. The zero-order valence-electron chi connectivity index (χ0n) is 19.7. The molecule has 1 aliphatic heterocycles. The highest BCUT2D eigenvalue weighted by molar-refractivity contribution is 5.27. The molecule has 2 aromatic heterocycles. The Morgan fingerprint density at radius 2 is 1.72 bits per heavy atom. The van der Waals surface area contributed by atoms with Crippen molar-refractivity contribution in [1.82, 2.24) is 20.2 Å². The highest BCUT2D eigenvalue weighted by Gasteiger charge is 2.24. The lowest BCUT2D eigenvalue weighted by Crippen LogP contribution is -2.43. The van der Waals surface area contributed by atoms with Gasteiger partial charge in [-0.25, -0.2) is 0 Å². The van der Waals surface area contributed by atoms with Crippen LogP contribution in [-0.2, 0) is 19.5 Å². The molecular formula is C28H36N4. The summed E-state index contributed by atoms with van der Waals surface area (Å²) in [6.07, 6.45) is 7.30. The van der Waals surface area contributed by atoms with Crippen LogP contribution < -0.4 is 5.32 Å². The number of benzene rings is 1. The minimum atomic E-state index is 0.465. The zero-order chi connectivity index (χ0) is 22.3. The van der Waals surface area contributed by atoms with Crippen LogP contribution in [-0.4, -0.2) is 34.0 Å². The third-order valence-corrected chi connectivity index (χ3v) is 6.73. The summed E-state index contributed by atoms with van der Waals surface area (Å²) in [6, 6.07) is 18.0. The number of piperidine rings is 1. The van der Waals surface area contributed by atoms with Gasteiger partial charge in [0.1, 0.15) is 0 Å². The topological polar surface area (TPSA) is 41.1 Å². The monoisotopic (exact) mass is 428 g/mol. The average Bonchev–Trinajstić information content (AvgIpc) is 2.82. The molecule has 1 atom stereocenters. The van der Waals surface area contributed by atoms with Crippen molar-refractivity contribution in [2.75, 3.05) is 13.1 Å². The lowest BCUT2D eigenvalue weighted by atomic mass is 9.92. The molecule has 168 valence electrons. The van der Waals surface area contributed by atoms with Crippen LogP contribution in [0.15, 0.2) is 60.9 Å². The maximum absolute atomic E-state index is 4.86. The molecule has 0 spiro atoms. The van der Waals surface area contributed by atoms with Crippen molar-refractivity contribution in [2.45, 2.75) is 65.1 Å². The number of aryl methyl sites for hydroxylation is 2. The largest absolute Gasteiger partial charge is 0.317 e. The summed E-state index contributed by atoms with van der Waals surface area (Å²) in [5.74, 6) is 0.465. The summed E-state index contributed by atoms with van der Waals surface area (Å²) < 4.78 is 0. The number of nitrogens with one attached hydrogen (secondary N) is 1. The maximum atomic E-state index is 4.86. The quantitative estimate of drug-likeness (QED) is 0.536. The molecule has 0 bridgehead atoms. The van der Waals surface area contributed by atoms with E-state index in [4.69, 9.17) is 9.97 Å². The molecule has 1 fully saturated rings. The maximum Gasteiger partial charge on any atom is 0.0576 e.